The Kier molecular flexibility index (Phi) is 1.32. The second kappa shape index (κ2) is 5.06. The van der Waals surface area contributed by atoms with Crippen LogP contribution in [-0.2, 0) is 0 Å². The molecule has 1 saturated heterocycles. The third kappa shape index (κ3) is 2.50. The molecule has 1 aliphatic rings. The second-order valence-electron chi connectivity index (χ2n) is 2.94. The van der Waals surface area contributed by atoms with E-state index in [-0.39, 0.29) is 15.5 Å². The molecule has 0 radical (unpaired) electrons. The van der Waals surface area contributed by atoms with E-state index in [1.165, 1.54) is 25.3 Å². The van der Waals surface area contributed by atoms with Gasteiger partial charge in [-0.2, -0.15) is 0 Å². The normalized spacial score (nSPS) is 41.1. The highest BCUT2D eigenvalue weighted by molar-refractivity contribution is 9.10. The number of piperazine rings is 1. The van der Waals surface area contributed by atoms with Crippen LogP contribution in [0.2, 0.25) is 0 Å². The number of rotatable bonds is 2. The molecule has 3 nitrogen and oxygen atoms in total. The summed E-state index contributed by atoms with van der Waals surface area (Å²) in [5.74, 6) is 0.340. The van der Waals surface area contributed by atoms with E-state index in [9.17, 15) is 0 Å². The van der Waals surface area contributed by atoms with Crippen LogP contribution in [0.25, 0.3) is 0 Å². The van der Waals surface area contributed by atoms with E-state index in [1.54, 1.807) is 0 Å². The summed E-state index contributed by atoms with van der Waals surface area (Å²) in [6.07, 6.45) is 0. The average molecular weight is 296 g/mol. The fraction of sp³-hybridized carbons (Fsp3) is 0.500. The van der Waals surface area contributed by atoms with Crippen molar-refractivity contribution >= 4 is 21.6 Å². The Morgan fingerprint density at radius 3 is 2.69 bits per heavy atom. The van der Waals surface area contributed by atoms with Crippen LogP contribution in [0.1, 0.15) is 15.1 Å². The molecule has 16 heavy (non-hydrogen) atoms. The zero-order valence-corrected chi connectivity index (χ0v) is 10.00. The summed E-state index contributed by atoms with van der Waals surface area (Å²) in [6.45, 7) is -16.7. The number of halogens is 1. The number of hydrogen-bond acceptors (Lipinski definition) is 3. The second-order valence-corrected chi connectivity index (χ2v) is 3.79. The Hall–Kier alpha value is -0.740. The van der Waals surface area contributed by atoms with Gasteiger partial charge in [-0.25, -0.2) is 0 Å². The molecule has 0 saturated carbocycles. The summed E-state index contributed by atoms with van der Waals surface area (Å²) >= 11 is 3.17. The lowest BCUT2D eigenvalue weighted by Crippen LogP contribution is -2.44. The number of benzene rings is 1. The summed E-state index contributed by atoms with van der Waals surface area (Å²) in [5.41, 5.74) is -0.199. The molecule has 0 aliphatic carbocycles. The Balaban J connectivity index is 2.78. The molecule has 0 amide bonds. The van der Waals surface area contributed by atoms with Crippen LogP contribution in [0.5, 0.6) is 5.75 Å². The molecule has 0 unspecified atom stereocenters. The lowest BCUT2D eigenvalue weighted by molar-refractivity contribution is 0.313. The number of nitrogens with zero attached hydrogens (tertiary/aromatic N) is 2. The molecule has 1 aromatic rings. The molecular weight excluding hydrogens is 268 g/mol. The van der Waals surface area contributed by atoms with E-state index in [1.807, 2.05) is 0 Å². The quantitative estimate of drug-likeness (QED) is 0.832. The van der Waals surface area contributed by atoms with Gasteiger partial charge < -0.3 is 14.5 Å². The smallest absolute Gasteiger partial charge is 0.133 e. The van der Waals surface area contributed by atoms with Gasteiger partial charge in [-0.1, -0.05) is 0 Å². The molecule has 0 spiro atoms. The van der Waals surface area contributed by atoms with Gasteiger partial charge in [0.2, 0.25) is 0 Å². The van der Waals surface area contributed by atoms with E-state index in [0.29, 0.717) is 10.2 Å². The highest BCUT2D eigenvalue weighted by Gasteiger charge is 2.14. The van der Waals surface area contributed by atoms with Crippen molar-refractivity contribution in [2.75, 3.05) is 45.0 Å². The van der Waals surface area contributed by atoms with Crippen LogP contribution in [0.3, 0.4) is 0 Å². The minimum Gasteiger partial charge on any atom is -0.496 e. The third-order valence-corrected chi connectivity index (χ3v) is 2.56. The Labute approximate surface area is 121 Å². The standard InChI is InChI=1S/C12H17BrN2O/c1-14-5-7-15(8-6-14)10-3-4-12(16-2)11(13)9-10/h3-4,9H,5-8H2,1-2H3/i1D3,5D2,6D2,7D2,8D2. The van der Waals surface area contributed by atoms with Crippen molar-refractivity contribution in [2.24, 2.45) is 0 Å². The largest absolute Gasteiger partial charge is 0.496 e. The summed E-state index contributed by atoms with van der Waals surface area (Å²) in [4.78, 5) is -0.0749. The minimum atomic E-state index is -3.43. The predicted octanol–water partition coefficient (Wildman–Crippen LogP) is 2.21. The highest BCUT2D eigenvalue weighted by atomic mass is 79.9. The number of methoxy groups -OCH3 is 1. The van der Waals surface area contributed by atoms with Crippen LogP contribution in [0, 0.1) is 0 Å². The van der Waals surface area contributed by atoms with Crippen molar-refractivity contribution in [3.05, 3.63) is 22.7 Å². The molecule has 2 rings (SSSR count). The fourth-order valence-corrected chi connectivity index (χ4v) is 1.71. The first-order valence-electron chi connectivity index (χ1n) is 9.88. The van der Waals surface area contributed by atoms with Crippen molar-refractivity contribution in [2.45, 2.75) is 0 Å². The van der Waals surface area contributed by atoms with Crippen molar-refractivity contribution < 1.29 is 19.8 Å². The van der Waals surface area contributed by atoms with Crippen LogP contribution in [-0.4, -0.2) is 45.0 Å². The molecule has 1 heterocycles. The van der Waals surface area contributed by atoms with E-state index in [4.69, 9.17) is 19.8 Å². The van der Waals surface area contributed by atoms with Crippen LogP contribution in [0.4, 0.5) is 5.69 Å². The van der Waals surface area contributed by atoms with Crippen molar-refractivity contribution in [1.82, 2.24) is 4.90 Å². The fourth-order valence-electron chi connectivity index (χ4n) is 1.18. The molecule has 0 aromatic heterocycles. The zero-order chi connectivity index (χ0) is 21.2. The minimum absolute atomic E-state index is 0.199. The lowest BCUT2D eigenvalue weighted by atomic mass is 10.2. The first kappa shape index (κ1) is 4.18. The van der Waals surface area contributed by atoms with Crippen LogP contribution < -0.4 is 9.64 Å². The van der Waals surface area contributed by atoms with Crippen molar-refractivity contribution in [1.29, 1.82) is 0 Å². The Morgan fingerprint density at radius 1 is 1.38 bits per heavy atom. The molecule has 1 fully saturated rings. The first-order valence-corrected chi connectivity index (χ1v) is 5.17. The van der Waals surface area contributed by atoms with Gasteiger partial charge in [0.05, 0.1) is 17.1 Å². The van der Waals surface area contributed by atoms with Gasteiger partial charge in [0.15, 0.2) is 0 Å². The van der Waals surface area contributed by atoms with Gasteiger partial charge in [-0.05, 0) is 41.1 Å². The van der Waals surface area contributed by atoms with Crippen molar-refractivity contribution in [3.8, 4) is 5.75 Å². The number of anilines is 1. The van der Waals surface area contributed by atoms with Crippen molar-refractivity contribution in [3.63, 3.8) is 0 Å². The van der Waals surface area contributed by atoms with Gasteiger partial charge in [-0.3, -0.25) is 0 Å². The first-order chi connectivity index (χ1) is 11.9. The van der Waals surface area contributed by atoms with E-state index in [2.05, 4.69) is 15.9 Å². The maximum atomic E-state index is 8.21. The Morgan fingerprint density at radius 2 is 2.12 bits per heavy atom. The summed E-state index contributed by atoms with van der Waals surface area (Å²) < 4.78 is 92.8. The maximum absolute atomic E-state index is 8.21. The topological polar surface area (TPSA) is 15.7 Å². The molecule has 88 valence electrons. The SMILES string of the molecule is [2H]C([2H])([2H])N1C([2H])([2H])C([2H])([2H])N(c2ccc(OC)c(Br)c2)C([2H])([2H])C1([2H])[2H]. The molecular formula is C12H17BrN2O. The van der Waals surface area contributed by atoms with Gasteiger partial charge in [0, 0.05) is 41.3 Å². The Bertz CT molecular complexity index is 709. The lowest BCUT2D eigenvalue weighted by Gasteiger charge is -2.34. The van der Waals surface area contributed by atoms with Crippen LogP contribution in [0.15, 0.2) is 22.7 Å². The zero-order valence-electron chi connectivity index (χ0n) is 19.4. The van der Waals surface area contributed by atoms with Gasteiger partial charge >= 0.3 is 0 Å². The van der Waals surface area contributed by atoms with Gasteiger partial charge in [-0.15, -0.1) is 0 Å². The number of hydrogen-bond donors (Lipinski definition) is 0. The van der Waals surface area contributed by atoms with E-state index >= 15 is 0 Å². The maximum Gasteiger partial charge on any atom is 0.133 e. The molecule has 0 atom stereocenters. The van der Waals surface area contributed by atoms with E-state index in [0.717, 1.165) is 0 Å². The van der Waals surface area contributed by atoms with Gasteiger partial charge in [0.1, 0.15) is 5.75 Å². The molecule has 0 N–H and O–H groups in total. The summed E-state index contributed by atoms with van der Waals surface area (Å²) in [5, 5.41) is 0. The van der Waals surface area contributed by atoms with E-state index < -0.39 is 33.0 Å². The predicted molar refractivity (Wildman–Crippen MR) is 70.4 cm³/mol. The van der Waals surface area contributed by atoms with Gasteiger partial charge in [0.25, 0.3) is 0 Å². The molecule has 0 bridgehead atoms. The average Bonchev–Trinajstić information content (AvgIpc) is 2.43. The third-order valence-electron chi connectivity index (χ3n) is 1.94. The summed E-state index contributed by atoms with van der Waals surface area (Å²) in [7, 11) is 1.38. The number of ether oxygens (including phenoxy) is 1. The molecule has 1 aliphatic heterocycles. The molecule has 1 aromatic carbocycles. The summed E-state index contributed by atoms with van der Waals surface area (Å²) in [6, 6.07) is 3.84. The number of likely N-dealkylation sites (N-methyl/N-ethyl adjacent to an activating group) is 1. The van der Waals surface area contributed by atoms with Crippen LogP contribution >= 0.6 is 15.9 Å². The molecule has 4 heteroatoms. The monoisotopic (exact) mass is 295 g/mol. The highest BCUT2D eigenvalue weighted by Crippen LogP contribution is 2.29.